The Bertz CT molecular complexity index is 1360. The van der Waals surface area contributed by atoms with Crippen LogP contribution in [0, 0.1) is 0 Å². The molecule has 2 aromatic carbocycles. The minimum absolute atomic E-state index is 0.0943. The highest BCUT2D eigenvalue weighted by molar-refractivity contribution is 7.30. The van der Waals surface area contributed by atoms with Gasteiger partial charge in [0, 0.05) is 50.1 Å². The van der Waals surface area contributed by atoms with Crippen LogP contribution in [0.3, 0.4) is 0 Å². The van der Waals surface area contributed by atoms with Crippen LogP contribution in [0.4, 0.5) is 4.79 Å². The van der Waals surface area contributed by atoms with E-state index in [0.717, 1.165) is 43.1 Å². The van der Waals surface area contributed by atoms with Gasteiger partial charge in [0.15, 0.2) is 0 Å². The SMILES string of the molecule is CC(C)c1nc(CN(C)C(=O)N[C@@H](CCN2CCOCC2)C(=O)N[C@H](CC[C@H](Cc2ccccc2)N(P)P)Cc2ccccc2)cs1. The number of morpholine rings is 1. The van der Waals surface area contributed by atoms with Gasteiger partial charge in [-0.05, 0) is 43.2 Å². The molecule has 2 N–H and O–H groups in total. The second-order valence-electron chi connectivity index (χ2n) is 12.7. The zero-order valence-electron chi connectivity index (χ0n) is 28.0. The van der Waals surface area contributed by atoms with Gasteiger partial charge in [0.2, 0.25) is 5.91 Å². The highest BCUT2D eigenvalue weighted by Crippen LogP contribution is 2.23. The van der Waals surface area contributed by atoms with Crippen molar-refractivity contribution in [2.75, 3.05) is 39.9 Å². The Kier molecular flexibility index (Phi) is 15.5. The number of nitrogens with zero attached hydrogens (tertiary/aromatic N) is 4. The molecular weight excluding hydrogens is 646 g/mol. The molecule has 2 unspecified atom stereocenters. The van der Waals surface area contributed by atoms with Crippen LogP contribution < -0.4 is 10.6 Å². The van der Waals surface area contributed by atoms with E-state index < -0.39 is 6.04 Å². The summed E-state index contributed by atoms with van der Waals surface area (Å²) in [5, 5.41) is 9.49. The van der Waals surface area contributed by atoms with Gasteiger partial charge in [-0.2, -0.15) is 0 Å². The van der Waals surface area contributed by atoms with Crippen molar-refractivity contribution < 1.29 is 14.3 Å². The van der Waals surface area contributed by atoms with Crippen LogP contribution in [-0.4, -0.2) is 89.2 Å². The quantitative estimate of drug-likeness (QED) is 0.181. The molecule has 5 atom stereocenters. The third-order valence-corrected chi connectivity index (χ3v) is 10.6. The van der Waals surface area contributed by atoms with Gasteiger partial charge in [0.25, 0.3) is 0 Å². The number of aromatic nitrogens is 1. The van der Waals surface area contributed by atoms with E-state index in [1.165, 1.54) is 11.1 Å². The average Bonchev–Trinajstić information content (AvgIpc) is 3.55. The lowest BCUT2D eigenvalue weighted by Gasteiger charge is -2.30. The molecule has 1 aromatic heterocycles. The first-order valence-electron chi connectivity index (χ1n) is 16.6. The molecule has 1 aliphatic rings. The van der Waals surface area contributed by atoms with Crippen molar-refractivity contribution in [1.82, 2.24) is 29.9 Å². The summed E-state index contributed by atoms with van der Waals surface area (Å²) in [6.07, 6.45) is 3.81. The summed E-state index contributed by atoms with van der Waals surface area (Å²) in [7, 11) is 7.33. The van der Waals surface area contributed by atoms with Crippen LogP contribution in [0.15, 0.2) is 66.0 Å². The largest absolute Gasteiger partial charge is 0.379 e. The summed E-state index contributed by atoms with van der Waals surface area (Å²) in [5.41, 5.74) is 3.31. The van der Waals surface area contributed by atoms with E-state index in [1.807, 2.05) is 29.6 Å². The molecule has 2 heterocycles. The Morgan fingerprint density at radius 1 is 0.936 bits per heavy atom. The first kappa shape index (κ1) is 37.4. The van der Waals surface area contributed by atoms with E-state index in [1.54, 1.807) is 23.3 Å². The van der Waals surface area contributed by atoms with Crippen LogP contribution in [0.2, 0.25) is 0 Å². The Labute approximate surface area is 289 Å². The van der Waals surface area contributed by atoms with Crippen LogP contribution >= 0.6 is 30.1 Å². The maximum absolute atomic E-state index is 14.1. The molecule has 3 amide bonds. The summed E-state index contributed by atoms with van der Waals surface area (Å²) < 4.78 is 7.64. The smallest absolute Gasteiger partial charge is 0.318 e. The molecule has 1 fully saturated rings. The van der Waals surface area contributed by atoms with Gasteiger partial charge in [-0.25, -0.2) is 9.78 Å². The van der Waals surface area contributed by atoms with Crippen LogP contribution in [0.25, 0.3) is 0 Å². The minimum Gasteiger partial charge on any atom is -0.379 e. The topological polar surface area (TPSA) is 90.0 Å². The van der Waals surface area contributed by atoms with Gasteiger partial charge in [-0.1, -0.05) is 93.3 Å². The molecule has 0 spiro atoms. The molecule has 0 aliphatic carbocycles. The number of nitrogens with one attached hydrogen (secondary N) is 2. The molecule has 0 saturated carbocycles. The van der Waals surface area contributed by atoms with Crippen LogP contribution in [-0.2, 0) is 28.9 Å². The zero-order valence-corrected chi connectivity index (χ0v) is 31.1. The van der Waals surface area contributed by atoms with E-state index in [4.69, 9.17) is 4.74 Å². The highest BCUT2D eigenvalue weighted by Gasteiger charge is 2.27. The summed E-state index contributed by atoms with van der Waals surface area (Å²) in [6, 6.07) is 20.0. The molecule has 12 heteroatoms. The monoisotopic (exact) mass is 698 g/mol. The van der Waals surface area contributed by atoms with Gasteiger partial charge < -0.3 is 20.3 Å². The van der Waals surface area contributed by atoms with Gasteiger partial charge in [-0.3, -0.25) is 14.1 Å². The zero-order chi connectivity index (χ0) is 33.6. The van der Waals surface area contributed by atoms with Crippen molar-refractivity contribution in [3.8, 4) is 0 Å². The van der Waals surface area contributed by atoms with Crippen LogP contribution in [0.5, 0.6) is 0 Å². The van der Waals surface area contributed by atoms with Gasteiger partial charge in [-0.15, -0.1) is 11.3 Å². The Hall–Kier alpha value is -2.45. The summed E-state index contributed by atoms with van der Waals surface area (Å²) in [6.45, 7) is 8.33. The summed E-state index contributed by atoms with van der Waals surface area (Å²) >= 11 is 1.62. The van der Waals surface area contributed by atoms with E-state index in [-0.39, 0.29) is 24.0 Å². The number of urea groups is 1. The minimum atomic E-state index is -0.673. The lowest BCUT2D eigenvalue weighted by atomic mass is 9.96. The highest BCUT2D eigenvalue weighted by atomic mass is 32.1. The Morgan fingerprint density at radius 3 is 2.17 bits per heavy atom. The number of thiazole rings is 1. The van der Waals surface area contributed by atoms with Crippen LogP contribution in [0.1, 0.15) is 60.9 Å². The normalized spacial score (nSPS) is 15.7. The molecule has 9 nitrogen and oxygen atoms in total. The number of carbonyl (C=O) groups excluding carboxylic acids is 2. The number of ether oxygens (including phenoxy) is 1. The van der Waals surface area contributed by atoms with Crippen molar-refractivity contribution in [3.63, 3.8) is 0 Å². The maximum Gasteiger partial charge on any atom is 0.318 e. The molecule has 47 heavy (non-hydrogen) atoms. The third-order valence-electron chi connectivity index (χ3n) is 8.52. The van der Waals surface area contributed by atoms with Crippen molar-refractivity contribution in [2.24, 2.45) is 0 Å². The summed E-state index contributed by atoms with van der Waals surface area (Å²) in [4.78, 5) is 36.1. The first-order valence-corrected chi connectivity index (χ1v) is 18.5. The fourth-order valence-electron chi connectivity index (χ4n) is 5.70. The number of amides is 3. The van der Waals surface area contributed by atoms with E-state index in [0.29, 0.717) is 45.1 Å². The number of carbonyl (C=O) groups is 2. The van der Waals surface area contributed by atoms with Gasteiger partial charge in [0.05, 0.1) is 30.5 Å². The summed E-state index contributed by atoms with van der Waals surface area (Å²) in [5.74, 6) is 0.193. The van der Waals surface area contributed by atoms with Crippen molar-refractivity contribution in [2.45, 2.75) is 76.5 Å². The molecule has 256 valence electrons. The standard InChI is InChI=1S/C35H52N6O3P2S/c1-26(2)34-37-30(25-47-34)24-39(3)35(43)38-32(16-17-40-18-20-44-21-19-40)33(42)36-29(22-27-10-6-4-7-11-27)14-15-31(41(45)46)23-28-12-8-5-9-13-28/h4-13,25-26,29,31-32H,14-24,45-46H2,1-3H3,(H,36,42)(H,38,43)/t29-,31-,32+/m1/s1. The molecule has 0 radical (unpaired) electrons. The number of hydrogen-bond donors (Lipinski definition) is 2. The van der Waals surface area contributed by atoms with E-state index in [9.17, 15) is 9.59 Å². The Morgan fingerprint density at radius 2 is 1.57 bits per heavy atom. The lowest BCUT2D eigenvalue weighted by Crippen LogP contribution is -2.54. The molecule has 1 aliphatic heterocycles. The number of benzene rings is 2. The predicted molar refractivity (Wildman–Crippen MR) is 198 cm³/mol. The second-order valence-corrected chi connectivity index (χ2v) is 15.4. The van der Waals surface area contributed by atoms with Gasteiger partial charge >= 0.3 is 6.03 Å². The molecule has 0 bridgehead atoms. The Balaban J connectivity index is 1.45. The molecular formula is C35H52N6O3P2S. The fraction of sp³-hybridized carbons (Fsp3) is 0.514. The van der Waals surface area contributed by atoms with Crippen molar-refractivity contribution in [1.29, 1.82) is 0 Å². The van der Waals surface area contributed by atoms with E-state index in [2.05, 4.69) is 94.0 Å². The molecule has 1 saturated heterocycles. The lowest BCUT2D eigenvalue weighted by molar-refractivity contribution is -0.124. The predicted octanol–water partition coefficient (Wildman–Crippen LogP) is 5.50. The van der Waals surface area contributed by atoms with Crippen molar-refractivity contribution in [3.05, 3.63) is 87.9 Å². The average molecular weight is 699 g/mol. The number of hydrogen-bond acceptors (Lipinski definition) is 7. The van der Waals surface area contributed by atoms with E-state index >= 15 is 0 Å². The fourth-order valence-corrected chi connectivity index (χ4v) is 7.04. The maximum atomic E-state index is 14.1. The van der Waals surface area contributed by atoms with Gasteiger partial charge in [0.1, 0.15) is 6.04 Å². The second kappa shape index (κ2) is 19.5. The molecule has 4 rings (SSSR count). The van der Waals surface area contributed by atoms with Crippen molar-refractivity contribution >= 4 is 42.1 Å². The molecule has 3 aromatic rings. The first-order chi connectivity index (χ1) is 22.7. The number of rotatable bonds is 17. The third kappa shape index (κ3) is 12.8.